The van der Waals surface area contributed by atoms with Gasteiger partial charge in [-0.1, -0.05) is 11.8 Å². The average molecular weight is 344 g/mol. The number of aromatic nitrogens is 1. The Hall–Kier alpha value is -1.08. The van der Waals surface area contributed by atoms with E-state index in [2.05, 4.69) is 20.9 Å². The minimum Gasteiger partial charge on any atom is -0.396 e. The molecule has 2 heterocycles. The normalized spacial score (nSPS) is 18.9. The number of halogens is 1. The van der Waals surface area contributed by atoms with Crippen molar-refractivity contribution in [3.8, 4) is 0 Å². The molecule has 1 saturated heterocycles. The summed E-state index contributed by atoms with van der Waals surface area (Å²) in [5, 5.41) is 0.0783. The van der Waals surface area contributed by atoms with Gasteiger partial charge in [-0.05, 0) is 21.8 Å². The molecule has 1 aromatic rings. The lowest BCUT2D eigenvalue weighted by atomic mass is 10.1. The quantitative estimate of drug-likeness (QED) is 0.908. The second-order valence-electron chi connectivity index (χ2n) is 4.43. The standard InChI is InChI=1S/C12H14BrN3O2S/c1-7(17)19-6-8-2-11(18)16(5-8)10-4-15-3-9(13)12(10)14/h3-4,8H,2,5-6H2,1H3,(H2,14,15). The summed E-state index contributed by atoms with van der Waals surface area (Å²) in [7, 11) is 0. The number of anilines is 2. The van der Waals surface area contributed by atoms with E-state index in [0.717, 1.165) is 0 Å². The van der Waals surface area contributed by atoms with Crippen molar-refractivity contribution >= 4 is 50.1 Å². The summed E-state index contributed by atoms with van der Waals surface area (Å²) in [6.45, 7) is 2.12. The second-order valence-corrected chi connectivity index (χ2v) is 6.48. The van der Waals surface area contributed by atoms with Crippen molar-refractivity contribution in [3.63, 3.8) is 0 Å². The van der Waals surface area contributed by atoms with Crippen LogP contribution in [0.5, 0.6) is 0 Å². The first-order chi connectivity index (χ1) is 8.99. The van der Waals surface area contributed by atoms with Crippen LogP contribution in [0.2, 0.25) is 0 Å². The second kappa shape index (κ2) is 5.92. The number of thioether (sulfide) groups is 1. The summed E-state index contributed by atoms with van der Waals surface area (Å²) >= 11 is 4.56. The molecule has 2 rings (SSSR count). The molecule has 102 valence electrons. The molecule has 1 amide bonds. The van der Waals surface area contributed by atoms with Gasteiger partial charge in [0.2, 0.25) is 5.91 Å². The van der Waals surface area contributed by atoms with E-state index in [1.54, 1.807) is 17.3 Å². The minimum absolute atomic E-state index is 0.0285. The van der Waals surface area contributed by atoms with Crippen LogP contribution in [0.25, 0.3) is 0 Å². The molecule has 5 nitrogen and oxygen atoms in total. The summed E-state index contributed by atoms with van der Waals surface area (Å²) in [5.74, 6) is 0.874. The topological polar surface area (TPSA) is 76.3 Å². The number of rotatable bonds is 3. The zero-order chi connectivity index (χ0) is 14.0. The SMILES string of the molecule is CC(=O)SCC1CC(=O)N(c2cncc(Br)c2N)C1. The van der Waals surface area contributed by atoms with Crippen LogP contribution in [0.4, 0.5) is 11.4 Å². The van der Waals surface area contributed by atoms with Crippen molar-refractivity contribution in [1.82, 2.24) is 4.98 Å². The fourth-order valence-electron chi connectivity index (χ4n) is 2.01. The summed E-state index contributed by atoms with van der Waals surface area (Å²) in [4.78, 5) is 28.7. The van der Waals surface area contributed by atoms with Crippen molar-refractivity contribution in [1.29, 1.82) is 0 Å². The van der Waals surface area contributed by atoms with Gasteiger partial charge in [0.1, 0.15) is 0 Å². The van der Waals surface area contributed by atoms with Gasteiger partial charge in [0, 0.05) is 31.8 Å². The smallest absolute Gasteiger partial charge is 0.227 e. The van der Waals surface area contributed by atoms with Crippen LogP contribution in [0.15, 0.2) is 16.9 Å². The number of nitrogens with two attached hydrogens (primary N) is 1. The van der Waals surface area contributed by atoms with E-state index >= 15 is 0 Å². The number of nitrogen functional groups attached to an aromatic ring is 1. The van der Waals surface area contributed by atoms with Crippen molar-refractivity contribution < 1.29 is 9.59 Å². The molecule has 0 aromatic carbocycles. The predicted molar refractivity (Wildman–Crippen MR) is 79.9 cm³/mol. The third-order valence-corrected chi connectivity index (χ3v) is 4.61. The molecule has 0 spiro atoms. The fourth-order valence-corrected chi connectivity index (χ4v) is 3.03. The number of hydrogen-bond donors (Lipinski definition) is 1. The monoisotopic (exact) mass is 343 g/mol. The molecular weight excluding hydrogens is 330 g/mol. The van der Waals surface area contributed by atoms with Crippen LogP contribution in [-0.2, 0) is 9.59 Å². The van der Waals surface area contributed by atoms with E-state index in [4.69, 9.17) is 5.73 Å². The van der Waals surface area contributed by atoms with E-state index in [0.29, 0.717) is 34.6 Å². The Morgan fingerprint density at radius 1 is 1.63 bits per heavy atom. The number of hydrogen-bond acceptors (Lipinski definition) is 5. The van der Waals surface area contributed by atoms with Gasteiger partial charge in [-0.3, -0.25) is 14.6 Å². The van der Waals surface area contributed by atoms with Crippen molar-refractivity contribution in [3.05, 3.63) is 16.9 Å². The van der Waals surface area contributed by atoms with Gasteiger partial charge >= 0.3 is 0 Å². The molecule has 19 heavy (non-hydrogen) atoms. The molecule has 1 aromatic heterocycles. The number of pyridine rings is 1. The Morgan fingerprint density at radius 3 is 3.05 bits per heavy atom. The van der Waals surface area contributed by atoms with Gasteiger partial charge in [0.15, 0.2) is 5.12 Å². The number of carbonyl (C=O) groups excluding carboxylic acids is 2. The zero-order valence-electron chi connectivity index (χ0n) is 10.4. The first-order valence-corrected chi connectivity index (χ1v) is 7.59. The van der Waals surface area contributed by atoms with Gasteiger partial charge in [-0.25, -0.2) is 0 Å². The number of amides is 1. The van der Waals surface area contributed by atoms with Crippen molar-refractivity contribution in [2.45, 2.75) is 13.3 Å². The molecule has 2 N–H and O–H groups in total. The number of nitrogens with zero attached hydrogens (tertiary/aromatic N) is 2. The molecule has 1 unspecified atom stereocenters. The van der Waals surface area contributed by atoms with E-state index in [1.807, 2.05) is 0 Å². The minimum atomic E-state index is 0.0285. The fraction of sp³-hybridized carbons (Fsp3) is 0.417. The Labute approximate surface area is 124 Å². The molecule has 1 fully saturated rings. The Bertz CT molecular complexity index is 524. The lowest BCUT2D eigenvalue weighted by Crippen LogP contribution is -2.26. The molecule has 1 atom stereocenters. The average Bonchev–Trinajstić information content (AvgIpc) is 2.71. The van der Waals surface area contributed by atoms with E-state index in [1.165, 1.54) is 18.7 Å². The van der Waals surface area contributed by atoms with Crippen molar-refractivity contribution in [2.75, 3.05) is 22.9 Å². The molecule has 1 aliphatic heterocycles. The van der Waals surface area contributed by atoms with Crippen molar-refractivity contribution in [2.24, 2.45) is 5.92 Å². The van der Waals surface area contributed by atoms with Gasteiger partial charge in [0.25, 0.3) is 0 Å². The first-order valence-electron chi connectivity index (χ1n) is 5.81. The van der Waals surface area contributed by atoms with Gasteiger partial charge in [-0.2, -0.15) is 0 Å². The maximum Gasteiger partial charge on any atom is 0.227 e. The van der Waals surface area contributed by atoms with Crippen LogP contribution < -0.4 is 10.6 Å². The number of carbonyl (C=O) groups is 2. The molecule has 0 saturated carbocycles. The maximum absolute atomic E-state index is 12.0. The lowest BCUT2D eigenvalue weighted by molar-refractivity contribution is -0.117. The van der Waals surface area contributed by atoms with Crippen LogP contribution in [-0.4, -0.2) is 28.3 Å². The lowest BCUT2D eigenvalue weighted by Gasteiger charge is -2.18. The largest absolute Gasteiger partial charge is 0.396 e. The van der Waals surface area contributed by atoms with Gasteiger partial charge in [0.05, 0.1) is 22.0 Å². The van der Waals surface area contributed by atoms with Gasteiger partial charge < -0.3 is 10.6 Å². The van der Waals surface area contributed by atoms with E-state index < -0.39 is 0 Å². The molecular formula is C12H14BrN3O2S. The van der Waals surface area contributed by atoms with Crippen LogP contribution >= 0.6 is 27.7 Å². The summed E-state index contributed by atoms with van der Waals surface area (Å²) < 4.78 is 0.680. The highest BCUT2D eigenvalue weighted by atomic mass is 79.9. The summed E-state index contributed by atoms with van der Waals surface area (Å²) in [6.07, 6.45) is 3.65. The van der Waals surface area contributed by atoms with Crippen LogP contribution in [0.3, 0.4) is 0 Å². The Kier molecular flexibility index (Phi) is 4.46. The third-order valence-electron chi connectivity index (χ3n) is 2.94. The zero-order valence-corrected chi connectivity index (χ0v) is 12.8. The molecule has 7 heteroatoms. The highest BCUT2D eigenvalue weighted by Gasteiger charge is 2.32. The Balaban J connectivity index is 2.11. The Morgan fingerprint density at radius 2 is 2.37 bits per heavy atom. The summed E-state index contributed by atoms with van der Waals surface area (Å²) in [6, 6.07) is 0. The first kappa shape index (κ1) is 14.3. The third kappa shape index (κ3) is 3.27. The maximum atomic E-state index is 12.0. The van der Waals surface area contributed by atoms with Gasteiger partial charge in [-0.15, -0.1) is 0 Å². The van der Waals surface area contributed by atoms with Crippen LogP contribution in [0, 0.1) is 5.92 Å². The molecule has 1 aliphatic rings. The predicted octanol–water partition coefficient (Wildman–Crippen LogP) is 2.06. The summed E-state index contributed by atoms with van der Waals surface area (Å²) in [5.41, 5.74) is 7.10. The molecule has 0 bridgehead atoms. The highest BCUT2D eigenvalue weighted by molar-refractivity contribution is 9.10. The highest BCUT2D eigenvalue weighted by Crippen LogP contribution is 2.34. The molecule has 0 radical (unpaired) electrons. The van der Waals surface area contributed by atoms with E-state index in [-0.39, 0.29) is 16.9 Å². The molecule has 0 aliphatic carbocycles. The van der Waals surface area contributed by atoms with E-state index in [9.17, 15) is 9.59 Å². The van der Waals surface area contributed by atoms with Crippen LogP contribution in [0.1, 0.15) is 13.3 Å².